The molecule has 0 bridgehead atoms. The molecule has 2 amide bonds. The van der Waals surface area contributed by atoms with Crippen LogP contribution in [-0.2, 0) is 14.8 Å². The summed E-state index contributed by atoms with van der Waals surface area (Å²) in [6.45, 7) is 6.89. The first-order valence-electron chi connectivity index (χ1n) is 8.29. The Bertz CT molecular complexity index is 963. The Kier molecular flexibility index (Phi) is 5.90. The zero-order valence-corrected chi connectivity index (χ0v) is 16.5. The van der Waals surface area contributed by atoms with E-state index in [9.17, 15) is 18.0 Å². The van der Waals surface area contributed by atoms with E-state index in [-0.39, 0.29) is 22.3 Å². The number of benzene rings is 2. The highest BCUT2D eigenvalue weighted by Gasteiger charge is 2.19. The summed E-state index contributed by atoms with van der Waals surface area (Å²) in [7, 11) is -3.90. The number of carbonyl (C=O) groups excluding carboxylic acids is 2. The number of sulfonamides is 1. The van der Waals surface area contributed by atoms with E-state index in [0.29, 0.717) is 11.4 Å². The number of hydrogen-bond donors (Lipinski definition) is 3. The second-order valence-electron chi connectivity index (χ2n) is 7.10. The van der Waals surface area contributed by atoms with Gasteiger partial charge < -0.3 is 10.6 Å². The lowest BCUT2D eigenvalue weighted by molar-refractivity contribution is -0.114. The second-order valence-corrected chi connectivity index (χ2v) is 8.78. The summed E-state index contributed by atoms with van der Waals surface area (Å²) in [5, 5.41) is 5.38. The molecule has 0 unspecified atom stereocenters. The number of carbonyl (C=O) groups is 2. The molecule has 2 rings (SSSR count). The van der Waals surface area contributed by atoms with E-state index in [2.05, 4.69) is 15.4 Å². The number of hydrogen-bond acceptors (Lipinski definition) is 4. The fourth-order valence-electron chi connectivity index (χ4n) is 2.30. The summed E-state index contributed by atoms with van der Waals surface area (Å²) in [4.78, 5) is 23.4. The molecule has 0 fully saturated rings. The van der Waals surface area contributed by atoms with Crippen LogP contribution in [0.25, 0.3) is 0 Å². The van der Waals surface area contributed by atoms with E-state index in [1.54, 1.807) is 24.3 Å². The zero-order chi connectivity index (χ0) is 20.2. The van der Waals surface area contributed by atoms with Crippen molar-refractivity contribution in [2.75, 3.05) is 10.0 Å². The lowest BCUT2D eigenvalue weighted by Crippen LogP contribution is -2.40. The van der Waals surface area contributed by atoms with E-state index in [1.165, 1.54) is 31.2 Å². The Morgan fingerprint density at radius 2 is 1.56 bits per heavy atom. The zero-order valence-electron chi connectivity index (χ0n) is 15.7. The summed E-state index contributed by atoms with van der Waals surface area (Å²) in [6.07, 6.45) is 0. The molecule has 3 N–H and O–H groups in total. The van der Waals surface area contributed by atoms with Crippen LogP contribution in [0, 0.1) is 0 Å². The van der Waals surface area contributed by atoms with Gasteiger partial charge in [0.25, 0.3) is 15.9 Å². The molecule has 0 aliphatic rings. The molecule has 0 heterocycles. The Morgan fingerprint density at radius 1 is 0.926 bits per heavy atom. The minimum absolute atomic E-state index is 0.0333. The summed E-state index contributed by atoms with van der Waals surface area (Å²) < 4.78 is 27.8. The molecule has 2 aromatic rings. The van der Waals surface area contributed by atoms with E-state index in [4.69, 9.17) is 0 Å². The Morgan fingerprint density at radius 3 is 2.19 bits per heavy atom. The fraction of sp³-hybridized carbons (Fsp3) is 0.263. The third-order valence-electron chi connectivity index (χ3n) is 3.33. The fourth-order valence-corrected chi connectivity index (χ4v) is 3.39. The molecule has 0 aliphatic carbocycles. The molecule has 7 nitrogen and oxygen atoms in total. The summed E-state index contributed by atoms with van der Waals surface area (Å²) >= 11 is 0. The molecule has 8 heteroatoms. The summed E-state index contributed by atoms with van der Waals surface area (Å²) in [5.41, 5.74) is 0.584. The third kappa shape index (κ3) is 6.10. The SMILES string of the molecule is CC(=O)Nc1cccc(NS(=O)(=O)c2cccc(C(=O)NC(C)(C)C)c2)c1. The van der Waals surface area contributed by atoms with Gasteiger partial charge >= 0.3 is 0 Å². The van der Waals surface area contributed by atoms with Crippen molar-refractivity contribution in [2.45, 2.75) is 38.1 Å². The summed E-state index contributed by atoms with van der Waals surface area (Å²) in [5.74, 6) is -0.611. The molecular formula is C19H23N3O4S. The molecule has 0 saturated carbocycles. The van der Waals surface area contributed by atoms with Crippen molar-refractivity contribution in [3.63, 3.8) is 0 Å². The first-order chi connectivity index (χ1) is 12.5. The highest BCUT2D eigenvalue weighted by Crippen LogP contribution is 2.20. The van der Waals surface area contributed by atoms with E-state index in [1.807, 2.05) is 20.8 Å². The van der Waals surface area contributed by atoms with Crippen molar-refractivity contribution < 1.29 is 18.0 Å². The van der Waals surface area contributed by atoms with Crippen LogP contribution in [0.5, 0.6) is 0 Å². The van der Waals surface area contributed by atoms with Crippen LogP contribution < -0.4 is 15.4 Å². The van der Waals surface area contributed by atoms with Crippen LogP contribution in [0.4, 0.5) is 11.4 Å². The summed E-state index contributed by atoms with van der Waals surface area (Å²) in [6, 6.07) is 12.1. The van der Waals surface area contributed by atoms with E-state index >= 15 is 0 Å². The standard InChI is InChI=1S/C19H23N3O4S/c1-13(23)20-15-8-6-9-16(12-15)22-27(25,26)17-10-5-7-14(11-17)18(24)21-19(2,3)4/h5-12,22H,1-4H3,(H,20,23)(H,21,24). The van der Waals surface area contributed by atoms with Gasteiger partial charge in [-0.3, -0.25) is 14.3 Å². The number of nitrogens with one attached hydrogen (secondary N) is 3. The van der Waals surface area contributed by atoms with Crippen molar-refractivity contribution >= 4 is 33.2 Å². The number of rotatable bonds is 5. The molecule has 144 valence electrons. The van der Waals surface area contributed by atoms with Crippen molar-refractivity contribution in [1.82, 2.24) is 5.32 Å². The normalized spacial score (nSPS) is 11.6. The predicted molar refractivity (Wildman–Crippen MR) is 105 cm³/mol. The Hall–Kier alpha value is -2.87. The minimum atomic E-state index is -3.90. The predicted octanol–water partition coefficient (Wildman–Crippen LogP) is 2.97. The maximum atomic E-state index is 12.7. The van der Waals surface area contributed by atoms with Crippen LogP contribution >= 0.6 is 0 Å². The molecular weight excluding hydrogens is 366 g/mol. The quantitative estimate of drug-likeness (QED) is 0.731. The van der Waals surface area contributed by atoms with E-state index in [0.717, 1.165) is 0 Å². The Labute approximate surface area is 159 Å². The van der Waals surface area contributed by atoms with Crippen molar-refractivity contribution in [1.29, 1.82) is 0 Å². The van der Waals surface area contributed by atoms with Gasteiger partial charge in [-0.15, -0.1) is 0 Å². The highest BCUT2D eigenvalue weighted by molar-refractivity contribution is 7.92. The van der Waals surface area contributed by atoms with E-state index < -0.39 is 15.6 Å². The van der Waals surface area contributed by atoms with Gasteiger partial charge in [0.2, 0.25) is 5.91 Å². The molecule has 0 aromatic heterocycles. The highest BCUT2D eigenvalue weighted by atomic mass is 32.2. The van der Waals surface area contributed by atoms with Crippen LogP contribution in [-0.4, -0.2) is 25.8 Å². The first-order valence-corrected chi connectivity index (χ1v) is 9.78. The first kappa shape index (κ1) is 20.4. The van der Waals surface area contributed by atoms with Gasteiger partial charge in [0, 0.05) is 23.7 Å². The Balaban J connectivity index is 2.26. The van der Waals surface area contributed by atoms with Crippen LogP contribution in [0.2, 0.25) is 0 Å². The van der Waals surface area contributed by atoms with Crippen LogP contribution in [0.15, 0.2) is 53.4 Å². The molecule has 2 aromatic carbocycles. The average Bonchev–Trinajstić information content (AvgIpc) is 2.52. The van der Waals surface area contributed by atoms with Gasteiger partial charge in [-0.05, 0) is 57.2 Å². The van der Waals surface area contributed by atoms with Gasteiger partial charge in [0.05, 0.1) is 10.6 Å². The van der Waals surface area contributed by atoms with Crippen LogP contribution in [0.3, 0.4) is 0 Å². The number of anilines is 2. The van der Waals surface area contributed by atoms with Crippen molar-refractivity contribution in [3.05, 3.63) is 54.1 Å². The molecule has 0 saturated heterocycles. The average molecular weight is 389 g/mol. The lowest BCUT2D eigenvalue weighted by atomic mass is 10.1. The van der Waals surface area contributed by atoms with Crippen molar-refractivity contribution in [3.8, 4) is 0 Å². The van der Waals surface area contributed by atoms with Crippen LogP contribution in [0.1, 0.15) is 38.1 Å². The molecule has 0 spiro atoms. The van der Waals surface area contributed by atoms with Gasteiger partial charge in [-0.1, -0.05) is 12.1 Å². The largest absolute Gasteiger partial charge is 0.347 e. The maximum absolute atomic E-state index is 12.7. The maximum Gasteiger partial charge on any atom is 0.261 e. The second kappa shape index (κ2) is 7.79. The smallest absolute Gasteiger partial charge is 0.261 e. The van der Waals surface area contributed by atoms with Gasteiger partial charge in [0.15, 0.2) is 0 Å². The molecule has 27 heavy (non-hydrogen) atoms. The third-order valence-corrected chi connectivity index (χ3v) is 4.71. The molecule has 0 atom stereocenters. The lowest BCUT2D eigenvalue weighted by Gasteiger charge is -2.20. The van der Waals surface area contributed by atoms with Gasteiger partial charge in [0.1, 0.15) is 0 Å². The minimum Gasteiger partial charge on any atom is -0.347 e. The molecule has 0 radical (unpaired) electrons. The van der Waals surface area contributed by atoms with Crippen molar-refractivity contribution in [2.24, 2.45) is 0 Å². The van der Waals surface area contributed by atoms with Gasteiger partial charge in [-0.2, -0.15) is 0 Å². The number of amides is 2. The molecule has 0 aliphatic heterocycles. The van der Waals surface area contributed by atoms with Gasteiger partial charge in [-0.25, -0.2) is 8.42 Å². The topological polar surface area (TPSA) is 104 Å². The monoisotopic (exact) mass is 389 g/mol.